The van der Waals surface area contributed by atoms with Crippen molar-refractivity contribution in [2.45, 2.75) is 12.5 Å². The summed E-state index contributed by atoms with van der Waals surface area (Å²) in [5, 5.41) is 2.04. The van der Waals surface area contributed by atoms with Crippen molar-refractivity contribution in [1.82, 2.24) is 0 Å². The van der Waals surface area contributed by atoms with Gasteiger partial charge in [0.25, 0.3) is 0 Å². The van der Waals surface area contributed by atoms with Crippen LogP contribution >= 0.6 is 0 Å². The summed E-state index contributed by atoms with van der Waals surface area (Å²) in [4.78, 5) is 11.7. The van der Waals surface area contributed by atoms with E-state index in [1.54, 1.807) is 6.92 Å². The molecule has 0 fully saturated rings. The van der Waals surface area contributed by atoms with E-state index in [0.717, 1.165) is 16.3 Å². The van der Waals surface area contributed by atoms with Gasteiger partial charge in [0, 0.05) is 0 Å². The van der Waals surface area contributed by atoms with E-state index in [1.165, 1.54) is 7.11 Å². The average Bonchev–Trinajstić information content (AvgIpc) is 2.37. The lowest BCUT2D eigenvalue weighted by molar-refractivity contribution is -0.146. The Kier molecular flexibility index (Phi) is 2.86. The van der Waals surface area contributed by atoms with E-state index >= 15 is 0 Å². The highest BCUT2D eigenvalue weighted by Gasteiger charge is 2.32. The van der Waals surface area contributed by atoms with Gasteiger partial charge < -0.3 is 10.5 Å². The molecule has 0 amide bonds. The van der Waals surface area contributed by atoms with Gasteiger partial charge in [0.05, 0.1) is 7.11 Å². The molecule has 0 bridgehead atoms. The van der Waals surface area contributed by atoms with Gasteiger partial charge in [-0.3, -0.25) is 0 Å². The fraction of sp³-hybridized carbons (Fsp3) is 0.214. The van der Waals surface area contributed by atoms with Crippen molar-refractivity contribution in [3.63, 3.8) is 0 Å². The van der Waals surface area contributed by atoms with Gasteiger partial charge in [0.15, 0.2) is 0 Å². The molecule has 2 aromatic rings. The van der Waals surface area contributed by atoms with Crippen LogP contribution in [0.1, 0.15) is 12.5 Å². The molecule has 0 saturated carbocycles. The summed E-state index contributed by atoms with van der Waals surface area (Å²) in [5.74, 6) is -0.436. The molecule has 17 heavy (non-hydrogen) atoms. The largest absolute Gasteiger partial charge is 0.467 e. The molecule has 2 aromatic carbocycles. The third kappa shape index (κ3) is 1.89. The van der Waals surface area contributed by atoms with Crippen LogP contribution in [0.5, 0.6) is 0 Å². The standard InChI is InChI=1S/C14H15NO2/c1-14(15,13(16)17-2)12-9-5-7-10-6-3-4-8-11(10)12/h3-9H,15H2,1-2H3/t14-/m1/s1. The number of esters is 1. The van der Waals surface area contributed by atoms with Gasteiger partial charge in [-0.1, -0.05) is 42.5 Å². The topological polar surface area (TPSA) is 52.3 Å². The van der Waals surface area contributed by atoms with Gasteiger partial charge in [0.1, 0.15) is 5.54 Å². The molecule has 0 aliphatic rings. The van der Waals surface area contributed by atoms with Crippen LogP contribution < -0.4 is 5.73 Å². The summed E-state index contributed by atoms with van der Waals surface area (Å²) in [5.41, 5.74) is 5.73. The fourth-order valence-electron chi connectivity index (χ4n) is 2.00. The smallest absolute Gasteiger partial charge is 0.330 e. The second kappa shape index (κ2) is 4.18. The van der Waals surface area contributed by atoms with Crippen LogP contribution in [0.4, 0.5) is 0 Å². The monoisotopic (exact) mass is 229 g/mol. The molecule has 0 radical (unpaired) electrons. The number of rotatable bonds is 2. The molecule has 0 spiro atoms. The lowest BCUT2D eigenvalue weighted by Crippen LogP contribution is -2.42. The number of carbonyl (C=O) groups is 1. The van der Waals surface area contributed by atoms with Gasteiger partial charge >= 0.3 is 5.97 Å². The number of nitrogens with two attached hydrogens (primary N) is 1. The Morgan fingerprint density at radius 1 is 1.18 bits per heavy atom. The maximum Gasteiger partial charge on any atom is 0.330 e. The van der Waals surface area contributed by atoms with Crippen LogP contribution in [0.25, 0.3) is 10.8 Å². The summed E-state index contributed by atoms with van der Waals surface area (Å²) in [7, 11) is 1.35. The molecule has 2 N–H and O–H groups in total. The second-order valence-electron chi connectivity index (χ2n) is 4.22. The zero-order chi connectivity index (χ0) is 12.5. The van der Waals surface area contributed by atoms with Crippen molar-refractivity contribution in [1.29, 1.82) is 0 Å². The fourth-order valence-corrected chi connectivity index (χ4v) is 2.00. The summed E-state index contributed by atoms with van der Waals surface area (Å²) in [6.07, 6.45) is 0. The minimum Gasteiger partial charge on any atom is -0.467 e. The van der Waals surface area contributed by atoms with E-state index < -0.39 is 11.5 Å². The quantitative estimate of drug-likeness (QED) is 0.803. The second-order valence-corrected chi connectivity index (χ2v) is 4.22. The van der Waals surface area contributed by atoms with E-state index in [9.17, 15) is 4.79 Å². The first-order valence-electron chi connectivity index (χ1n) is 5.43. The van der Waals surface area contributed by atoms with Gasteiger partial charge in [-0.2, -0.15) is 0 Å². The molecule has 0 saturated heterocycles. The summed E-state index contributed by atoms with van der Waals surface area (Å²) in [6, 6.07) is 13.6. The van der Waals surface area contributed by atoms with E-state index in [1.807, 2.05) is 42.5 Å². The number of hydrogen-bond donors (Lipinski definition) is 1. The summed E-state index contributed by atoms with van der Waals surface area (Å²) >= 11 is 0. The van der Waals surface area contributed by atoms with Crippen LogP contribution in [0.15, 0.2) is 42.5 Å². The molecular weight excluding hydrogens is 214 g/mol. The highest BCUT2D eigenvalue weighted by molar-refractivity contribution is 5.93. The third-order valence-corrected chi connectivity index (χ3v) is 2.96. The third-order valence-electron chi connectivity index (χ3n) is 2.96. The first-order chi connectivity index (χ1) is 8.07. The van der Waals surface area contributed by atoms with Crippen LogP contribution in [0.3, 0.4) is 0 Å². The van der Waals surface area contributed by atoms with Gasteiger partial charge in [0.2, 0.25) is 0 Å². The highest BCUT2D eigenvalue weighted by Crippen LogP contribution is 2.27. The maximum atomic E-state index is 11.7. The number of hydrogen-bond acceptors (Lipinski definition) is 3. The Morgan fingerprint density at radius 2 is 1.82 bits per heavy atom. The van der Waals surface area contributed by atoms with E-state index in [0.29, 0.717) is 0 Å². The van der Waals surface area contributed by atoms with Crippen LogP contribution in [-0.4, -0.2) is 13.1 Å². The minimum absolute atomic E-state index is 0.436. The zero-order valence-electron chi connectivity index (χ0n) is 9.94. The molecule has 0 heterocycles. The van der Waals surface area contributed by atoms with Gasteiger partial charge in [-0.15, -0.1) is 0 Å². The van der Waals surface area contributed by atoms with Crippen molar-refractivity contribution < 1.29 is 9.53 Å². The highest BCUT2D eigenvalue weighted by atomic mass is 16.5. The Labute approximate surface area is 100 Å². The Bertz CT molecular complexity index is 556. The number of ether oxygens (including phenoxy) is 1. The number of benzene rings is 2. The maximum absolute atomic E-state index is 11.7. The SMILES string of the molecule is COC(=O)[C@](C)(N)c1cccc2ccccc12. The van der Waals surface area contributed by atoms with Crippen LogP contribution in [-0.2, 0) is 15.1 Å². The van der Waals surface area contributed by atoms with E-state index in [4.69, 9.17) is 10.5 Å². The molecule has 3 nitrogen and oxygen atoms in total. The minimum atomic E-state index is -1.13. The zero-order valence-corrected chi connectivity index (χ0v) is 9.94. The molecule has 0 aromatic heterocycles. The number of methoxy groups -OCH3 is 1. The van der Waals surface area contributed by atoms with Gasteiger partial charge in [-0.25, -0.2) is 4.79 Å². The predicted octanol–water partition coefficient (Wildman–Crippen LogP) is 2.19. The van der Waals surface area contributed by atoms with Crippen molar-refractivity contribution in [3.05, 3.63) is 48.0 Å². The number of carbonyl (C=O) groups excluding carboxylic acids is 1. The van der Waals surface area contributed by atoms with Crippen molar-refractivity contribution >= 4 is 16.7 Å². The normalized spacial score (nSPS) is 14.3. The lowest BCUT2D eigenvalue weighted by atomic mass is 9.89. The van der Waals surface area contributed by atoms with Crippen LogP contribution in [0, 0.1) is 0 Å². The van der Waals surface area contributed by atoms with E-state index in [2.05, 4.69) is 0 Å². The lowest BCUT2D eigenvalue weighted by Gasteiger charge is -2.23. The molecule has 3 heteroatoms. The van der Waals surface area contributed by atoms with E-state index in [-0.39, 0.29) is 0 Å². The van der Waals surface area contributed by atoms with Gasteiger partial charge in [-0.05, 0) is 23.3 Å². The average molecular weight is 229 g/mol. The van der Waals surface area contributed by atoms with Crippen molar-refractivity contribution in [3.8, 4) is 0 Å². The molecule has 2 rings (SSSR count). The summed E-state index contributed by atoms with van der Waals surface area (Å²) in [6.45, 7) is 1.67. The number of fused-ring (bicyclic) bond motifs is 1. The molecular formula is C14H15NO2. The Hall–Kier alpha value is -1.87. The molecule has 88 valence electrons. The van der Waals surface area contributed by atoms with Crippen molar-refractivity contribution in [2.24, 2.45) is 5.73 Å². The Morgan fingerprint density at radius 3 is 2.53 bits per heavy atom. The summed E-state index contributed by atoms with van der Waals surface area (Å²) < 4.78 is 4.75. The first-order valence-corrected chi connectivity index (χ1v) is 5.43. The molecule has 1 atom stereocenters. The molecule has 0 unspecified atom stereocenters. The van der Waals surface area contributed by atoms with Crippen molar-refractivity contribution in [2.75, 3.05) is 7.11 Å². The van der Waals surface area contributed by atoms with Crippen LogP contribution in [0.2, 0.25) is 0 Å². The molecule has 0 aliphatic carbocycles. The molecule has 0 aliphatic heterocycles. The first kappa shape index (κ1) is 11.6. The predicted molar refractivity (Wildman–Crippen MR) is 67.5 cm³/mol. The Balaban J connectivity index is 2.67.